The predicted octanol–water partition coefficient (Wildman–Crippen LogP) is 1.13. The molecule has 0 fully saturated rings. The first-order valence-electron chi connectivity index (χ1n) is 4.09. The van der Waals surface area contributed by atoms with Crippen LogP contribution in [-0.2, 0) is 7.05 Å². The van der Waals surface area contributed by atoms with Crippen molar-refractivity contribution in [2.24, 2.45) is 7.05 Å². The molecule has 1 N–H and O–H groups in total. The van der Waals surface area contributed by atoms with Crippen molar-refractivity contribution >= 4 is 27.0 Å². The van der Waals surface area contributed by atoms with Crippen molar-refractivity contribution in [3.8, 4) is 0 Å². The van der Waals surface area contributed by atoms with Gasteiger partial charge in [-0.25, -0.2) is 4.39 Å². The molecule has 0 aliphatic heterocycles. The molecule has 0 amide bonds. The van der Waals surface area contributed by atoms with E-state index >= 15 is 0 Å². The molecule has 1 aromatic heterocycles. The van der Waals surface area contributed by atoms with Gasteiger partial charge in [0.05, 0.1) is 15.5 Å². The quantitative estimate of drug-likeness (QED) is 0.731. The molecule has 0 bridgehead atoms. The highest BCUT2D eigenvalue weighted by Crippen LogP contribution is 2.19. The number of rotatable bonds is 0. The Morgan fingerprint density at radius 2 is 2.07 bits per heavy atom. The molecule has 4 nitrogen and oxygen atoms in total. The summed E-state index contributed by atoms with van der Waals surface area (Å²) in [6.45, 7) is 0. The van der Waals surface area contributed by atoms with Crippen LogP contribution in [0.2, 0.25) is 0 Å². The van der Waals surface area contributed by atoms with Crippen LogP contribution in [0, 0.1) is 5.82 Å². The molecule has 1 aromatic carbocycles. The van der Waals surface area contributed by atoms with Crippen LogP contribution in [0.1, 0.15) is 0 Å². The second-order valence-corrected chi connectivity index (χ2v) is 3.96. The molecule has 0 unspecified atom stereocenters. The molecule has 0 atom stereocenters. The van der Waals surface area contributed by atoms with Crippen molar-refractivity contribution < 1.29 is 4.39 Å². The van der Waals surface area contributed by atoms with Crippen LogP contribution in [-0.4, -0.2) is 9.55 Å². The summed E-state index contributed by atoms with van der Waals surface area (Å²) in [5.74, 6) is -0.489. The molecule has 0 radical (unpaired) electrons. The third kappa shape index (κ3) is 1.50. The van der Waals surface area contributed by atoms with E-state index in [0.717, 1.165) is 0 Å². The maximum absolute atomic E-state index is 13.2. The maximum Gasteiger partial charge on any atom is 0.316 e. The lowest BCUT2D eigenvalue weighted by Gasteiger charge is -2.04. The highest BCUT2D eigenvalue weighted by atomic mass is 79.9. The van der Waals surface area contributed by atoms with E-state index in [9.17, 15) is 14.0 Å². The summed E-state index contributed by atoms with van der Waals surface area (Å²) in [5.41, 5.74) is -0.664. The number of benzene rings is 1. The molecule has 6 heteroatoms. The molecule has 0 spiro atoms. The monoisotopic (exact) mass is 272 g/mol. The summed E-state index contributed by atoms with van der Waals surface area (Å²) in [7, 11) is 1.46. The smallest absolute Gasteiger partial charge is 0.316 e. The highest BCUT2D eigenvalue weighted by Gasteiger charge is 2.07. The fourth-order valence-corrected chi connectivity index (χ4v) is 1.68. The van der Waals surface area contributed by atoms with Crippen LogP contribution >= 0.6 is 15.9 Å². The fraction of sp³-hybridized carbons (Fsp3) is 0.111. The normalized spacial score (nSPS) is 10.9. The number of nitrogens with one attached hydrogen (secondary N) is 1. The van der Waals surface area contributed by atoms with Gasteiger partial charge < -0.3 is 9.55 Å². The zero-order valence-corrected chi connectivity index (χ0v) is 9.26. The van der Waals surface area contributed by atoms with Gasteiger partial charge in [0, 0.05) is 13.1 Å². The van der Waals surface area contributed by atoms with Crippen LogP contribution in [0.15, 0.2) is 26.2 Å². The highest BCUT2D eigenvalue weighted by molar-refractivity contribution is 9.10. The number of nitrogens with zero attached hydrogens (tertiary/aromatic N) is 1. The van der Waals surface area contributed by atoms with Crippen LogP contribution in [0.5, 0.6) is 0 Å². The van der Waals surface area contributed by atoms with E-state index in [4.69, 9.17) is 0 Å². The number of fused-ring (bicyclic) bond motifs is 1. The Hall–Kier alpha value is -1.43. The zero-order valence-electron chi connectivity index (χ0n) is 7.67. The summed E-state index contributed by atoms with van der Waals surface area (Å²) in [6.07, 6.45) is 0. The van der Waals surface area contributed by atoms with E-state index in [1.807, 2.05) is 0 Å². The van der Waals surface area contributed by atoms with Crippen molar-refractivity contribution in [2.75, 3.05) is 0 Å². The molecule has 78 valence electrons. The molecule has 0 saturated heterocycles. The van der Waals surface area contributed by atoms with Crippen LogP contribution in [0.25, 0.3) is 11.0 Å². The van der Waals surface area contributed by atoms with Gasteiger partial charge >= 0.3 is 11.1 Å². The molecule has 2 aromatic rings. The molecule has 15 heavy (non-hydrogen) atoms. The molecular formula is C9H6BrFN2O2. The number of hydrogen-bond donors (Lipinski definition) is 1. The topological polar surface area (TPSA) is 54.9 Å². The molecular weight excluding hydrogens is 267 g/mol. The fourth-order valence-electron chi connectivity index (χ4n) is 1.35. The van der Waals surface area contributed by atoms with Crippen molar-refractivity contribution in [1.82, 2.24) is 9.55 Å². The number of hydrogen-bond acceptors (Lipinski definition) is 2. The van der Waals surface area contributed by atoms with Gasteiger partial charge in [-0.05, 0) is 22.0 Å². The number of aromatic nitrogens is 2. The largest absolute Gasteiger partial charge is 0.316 e. The second kappa shape index (κ2) is 3.30. The summed E-state index contributed by atoms with van der Waals surface area (Å²) < 4.78 is 14.6. The van der Waals surface area contributed by atoms with Gasteiger partial charge in [-0.1, -0.05) is 0 Å². The summed E-state index contributed by atoms with van der Waals surface area (Å²) >= 11 is 3.01. The van der Waals surface area contributed by atoms with E-state index < -0.39 is 16.9 Å². The Morgan fingerprint density at radius 3 is 2.73 bits per heavy atom. The average Bonchev–Trinajstić information content (AvgIpc) is 2.19. The minimum atomic E-state index is -0.758. The number of aromatic amines is 1. The molecule has 2 rings (SSSR count). The molecule has 0 aliphatic carbocycles. The zero-order chi connectivity index (χ0) is 11.2. The molecule has 0 saturated carbocycles. The number of H-pyrrole nitrogens is 1. The van der Waals surface area contributed by atoms with Gasteiger partial charge in [0.15, 0.2) is 0 Å². The van der Waals surface area contributed by atoms with Gasteiger partial charge in [0.2, 0.25) is 0 Å². The SMILES string of the molecule is Cn1c(=O)c(=O)[nH]c2cc(F)c(Br)cc21. The summed E-state index contributed by atoms with van der Waals surface area (Å²) in [6, 6.07) is 2.61. The van der Waals surface area contributed by atoms with Crippen molar-refractivity contribution in [3.05, 3.63) is 43.1 Å². The first-order valence-corrected chi connectivity index (χ1v) is 4.88. The van der Waals surface area contributed by atoms with E-state index in [1.54, 1.807) is 0 Å². The van der Waals surface area contributed by atoms with Crippen LogP contribution in [0.4, 0.5) is 4.39 Å². The van der Waals surface area contributed by atoms with Crippen LogP contribution < -0.4 is 11.1 Å². The standard InChI is InChI=1S/C9H6BrFN2O2/c1-13-7-2-4(10)5(11)3-6(7)12-8(14)9(13)15/h2-3H,1H3,(H,12,14). The summed E-state index contributed by atoms with van der Waals surface area (Å²) in [4.78, 5) is 24.7. The van der Waals surface area contributed by atoms with Gasteiger partial charge in [-0.2, -0.15) is 0 Å². The Balaban J connectivity index is 3.06. The van der Waals surface area contributed by atoms with Gasteiger partial charge in [0.25, 0.3) is 0 Å². The lowest BCUT2D eigenvalue weighted by atomic mass is 10.3. The Morgan fingerprint density at radius 1 is 1.40 bits per heavy atom. The van der Waals surface area contributed by atoms with Crippen molar-refractivity contribution in [3.63, 3.8) is 0 Å². The number of halogens is 2. The first-order chi connectivity index (χ1) is 7.00. The minimum Gasteiger partial charge on any atom is -0.316 e. The van der Waals surface area contributed by atoms with Crippen LogP contribution in [0.3, 0.4) is 0 Å². The molecule has 1 heterocycles. The third-order valence-corrected chi connectivity index (χ3v) is 2.75. The van der Waals surface area contributed by atoms with Crippen molar-refractivity contribution in [2.45, 2.75) is 0 Å². The molecule has 0 aliphatic rings. The van der Waals surface area contributed by atoms with E-state index in [1.165, 1.54) is 23.7 Å². The maximum atomic E-state index is 13.2. The summed E-state index contributed by atoms with van der Waals surface area (Å²) in [5, 5.41) is 0. The van der Waals surface area contributed by atoms with E-state index in [-0.39, 0.29) is 4.47 Å². The number of aryl methyl sites for hydroxylation is 1. The lowest BCUT2D eigenvalue weighted by molar-refractivity contribution is 0.622. The second-order valence-electron chi connectivity index (χ2n) is 3.10. The van der Waals surface area contributed by atoms with Gasteiger partial charge in [-0.3, -0.25) is 9.59 Å². The Kier molecular flexibility index (Phi) is 2.22. The predicted molar refractivity (Wildman–Crippen MR) is 57.5 cm³/mol. The Bertz CT molecular complexity index is 659. The van der Waals surface area contributed by atoms with E-state index in [0.29, 0.717) is 11.0 Å². The van der Waals surface area contributed by atoms with Gasteiger partial charge in [0.1, 0.15) is 5.82 Å². The minimum absolute atomic E-state index is 0.247. The van der Waals surface area contributed by atoms with Gasteiger partial charge in [-0.15, -0.1) is 0 Å². The van der Waals surface area contributed by atoms with E-state index in [2.05, 4.69) is 20.9 Å². The first kappa shape index (κ1) is 10.1. The Labute approximate surface area is 91.5 Å². The third-order valence-electron chi connectivity index (χ3n) is 2.15. The average molecular weight is 273 g/mol. The lowest BCUT2D eigenvalue weighted by Crippen LogP contribution is -2.34. The van der Waals surface area contributed by atoms with Crippen molar-refractivity contribution in [1.29, 1.82) is 0 Å².